The van der Waals surface area contributed by atoms with E-state index in [1.165, 1.54) is 6.92 Å². The quantitative estimate of drug-likeness (QED) is 0.523. The van der Waals surface area contributed by atoms with Crippen molar-refractivity contribution in [2.24, 2.45) is 34.5 Å². The molecule has 0 aliphatic heterocycles. The highest BCUT2D eigenvalue weighted by Gasteiger charge is 2.66. The fraction of sp³-hybridized carbons (Fsp3) is 0.720. The van der Waals surface area contributed by atoms with Gasteiger partial charge >= 0.3 is 5.97 Å². The highest BCUT2D eigenvalue weighted by Crippen LogP contribution is 2.64. The number of fused-ring (bicyclic) bond motifs is 3. The van der Waals surface area contributed by atoms with Crippen molar-refractivity contribution in [1.29, 1.82) is 0 Å². The number of hydrogen-bond acceptors (Lipinski definition) is 6. The fourth-order valence-electron chi connectivity index (χ4n) is 6.84. The van der Waals surface area contributed by atoms with Crippen LogP contribution < -0.4 is 0 Å². The third-order valence-corrected chi connectivity index (χ3v) is 8.60. The topological polar surface area (TPSA) is 101 Å². The molecule has 0 saturated heterocycles. The first kappa shape index (κ1) is 23.9. The van der Waals surface area contributed by atoms with Gasteiger partial charge in [-0.2, -0.15) is 0 Å². The Hall–Kier alpha value is -1.79. The average Bonchev–Trinajstić information content (AvgIpc) is 2.79. The number of rotatable bonds is 4. The maximum Gasteiger partial charge on any atom is 0.302 e. The Morgan fingerprint density at radius 3 is 2.29 bits per heavy atom. The van der Waals surface area contributed by atoms with Crippen LogP contribution in [0.2, 0.25) is 0 Å². The molecule has 0 aromatic carbocycles. The second-order valence-electron chi connectivity index (χ2n) is 10.8. The second kappa shape index (κ2) is 7.66. The third kappa shape index (κ3) is 3.43. The predicted molar refractivity (Wildman–Crippen MR) is 116 cm³/mol. The first-order valence-electron chi connectivity index (χ1n) is 11.1. The Kier molecular flexibility index (Phi) is 5.90. The van der Waals surface area contributed by atoms with Gasteiger partial charge in [0.15, 0.2) is 5.78 Å². The monoisotopic (exact) mass is 432 g/mol. The molecule has 6 heteroatoms. The zero-order valence-corrected chi connectivity index (χ0v) is 19.7. The van der Waals surface area contributed by atoms with Gasteiger partial charge in [0, 0.05) is 31.1 Å². The Bertz CT molecular complexity index is 867. The summed E-state index contributed by atoms with van der Waals surface area (Å²) in [5.41, 5.74) is -1.64. The van der Waals surface area contributed by atoms with Crippen LogP contribution in [-0.4, -0.2) is 46.1 Å². The largest absolute Gasteiger partial charge is 0.462 e. The number of aliphatic hydroxyl groups is 2. The Balaban J connectivity index is 2.26. The smallest absolute Gasteiger partial charge is 0.302 e. The minimum Gasteiger partial charge on any atom is -0.462 e. The van der Waals surface area contributed by atoms with Crippen LogP contribution in [0.1, 0.15) is 61.3 Å². The van der Waals surface area contributed by atoms with Crippen LogP contribution in [0, 0.1) is 34.5 Å². The number of aliphatic hydroxyl groups excluding tert-OH is 1. The van der Waals surface area contributed by atoms with Gasteiger partial charge in [-0.1, -0.05) is 39.8 Å². The summed E-state index contributed by atoms with van der Waals surface area (Å²) in [7, 11) is 0. The molecule has 1 saturated carbocycles. The molecule has 0 aromatic heterocycles. The molecule has 1 fully saturated rings. The van der Waals surface area contributed by atoms with Gasteiger partial charge in [0.1, 0.15) is 17.5 Å². The van der Waals surface area contributed by atoms with E-state index in [1.54, 1.807) is 13.8 Å². The number of hydrogen-bond donors (Lipinski definition) is 2. The van der Waals surface area contributed by atoms with Crippen LogP contribution in [0.25, 0.3) is 0 Å². The van der Waals surface area contributed by atoms with E-state index in [9.17, 15) is 24.6 Å². The summed E-state index contributed by atoms with van der Waals surface area (Å²) in [5, 5.41) is 21.6. The molecular weight excluding hydrogens is 396 g/mol. The third-order valence-electron chi connectivity index (χ3n) is 8.60. The lowest BCUT2D eigenvalue weighted by Gasteiger charge is -2.61. The van der Waals surface area contributed by atoms with Crippen molar-refractivity contribution in [3.8, 4) is 0 Å². The Morgan fingerprint density at radius 1 is 1.16 bits per heavy atom. The van der Waals surface area contributed by atoms with Gasteiger partial charge in [-0.15, -0.1) is 0 Å². The number of carbonyl (C=O) groups is 3. The molecule has 31 heavy (non-hydrogen) atoms. The standard InChI is InChI=1S/C25H36O6/c1-13-8-19-20-15(3)22(31-16(4)28)24(7,10-14(2)27)23(5,6)18(20)9-17(12-26)11-25(19,30)21(13)29/h8-9,15,18-20,22,26,30H,10-12H2,1-7H3/t15-,18+,19-,20?,22+,24+,25+/m0/s1. The molecule has 3 aliphatic carbocycles. The van der Waals surface area contributed by atoms with E-state index >= 15 is 0 Å². The lowest BCUT2D eigenvalue weighted by molar-refractivity contribution is -0.206. The van der Waals surface area contributed by atoms with Gasteiger partial charge in [0.25, 0.3) is 0 Å². The normalized spacial score (nSPS) is 41.5. The minimum absolute atomic E-state index is 0.0154. The Morgan fingerprint density at radius 2 is 1.77 bits per heavy atom. The number of Topliss-reactive ketones (excluding diaryl/α,β-unsaturated/α-hetero) is 2. The van der Waals surface area contributed by atoms with E-state index < -0.39 is 34.4 Å². The van der Waals surface area contributed by atoms with Crippen molar-refractivity contribution in [2.75, 3.05) is 6.61 Å². The SMILES string of the molecule is CC(=O)C[C@]1(C)[C@H](OC(C)=O)[C@@H](C)C2[C@@H](C=C(CO)C[C@]3(O)C(=O)C(C)=C[C@@H]23)C1(C)C. The molecule has 0 spiro atoms. The summed E-state index contributed by atoms with van der Waals surface area (Å²) >= 11 is 0. The zero-order valence-electron chi connectivity index (χ0n) is 19.7. The number of carbonyl (C=O) groups excluding carboxylic acids is 3. The van der Waals surface area contributed by atoms with E-state index in [4.69, 9.17) is 4.74 Å². The van der Waals surface area contributed by atoms with Crippen molar-refractivity contribution in [1.82, 2.24) is 0 Å². The van der Waals surface area contributed by atoms with Crippen molar-refractivity contribution in [3.63, 3.8) is 0 Å². The van der Waals surface area contributed by atoms with Crippen LogP contribution in [0.15, 0.2) is 23.3 Å². The van der Waals surface area contributed by atoms with E-state index in [0.717, 1.165) is 0 Å². The molecule has 1 unspecified atom stereocenters. The first-order valence-corrected chi connectivity index (χ1v) is 11.1. The van der Waals surface area contributed by atoms with Gasteiger partial charge in [0.05, 0.1) is 6.61 Å². The van der Waals surface area contributed by atoms with E-state index in [2.05, 4.69) is 13.8 Å². The van der Waals surface area contributed by atoms with E-state index in [0.29, 0.717) is 11.1 Å². The summed E-state index contributed by atoms with van der Waals surface area (Å²) in [6, 6.07) is 0. The van der Waals surface area contributed by atoms with Gasteiger partial charge in [-0.05, 0) is 48.2 Å². The molecule has 0 amide bonds. The molecular formula is C25H36O6. The van der Waals surface area contributed by atoms with Crippen LogP contribution in [0.5, 0.6) is 0 Å². The maximum absolute atomic E-state index is 13.0. The van der Waals surface area contributed by atoms with Crippen LogP contribution in [0.4, 0.5) is 0 Å². The number of allylic oxidation sites excluding steroid dienone is 1. The van der Waals surface area contributed by atoms with Crippen LogP contribution in [-0.2, 0) is 19.1 Å². The van der Waals surface area contributed by atoms with Gasteiger partial charge < -0.3 is 19.7 Å². The average molecular weight is 433 g/mol. The van der Waals surface area contributed by atoms with Gasteiger partial charge in [0.2, 0.25) is 0 Å². The molecule has 0 heterocycles. The zero-order chi connectivity index (χ0) is 23.5. The van der Waals surface area contributed by atoms with Gasteiger partial charge in [-0.25, -0.2) is 0 Å². The molecule has 7 atom stereocenters. The summed E-state index contributed by atoms with van der Waals surface area (Å²) in [5.74, 6) is -1.70. The highest BCUT2D eigenvalue weighted by atomic mass is 16.5. The lowest BCUT2D eigenvalue weighted by atomic mass is 9.44. The molecule has 3 aliphatic rings. The molecule has 6 nitrogen and oxygen atoms in total. The van der Waals surface area contributed by atoms with Crippen molar-refractivity contribution in [3.05, 3.63) is 23.3 Å². The summed E-state index contributed by atoms with van der Waals surface area (Å²) in [6.07, 6.45) is 3.65. The highest BCUT2D eigenvalue weighted by molar-refractivity contribution is 6.04. The van der Waals surface area contributed by atoms with Crippen molar-refractivity contribution < 1.29 is 29.3 Å². The molecule has 0 aromatic rings. The molecule has 0 bridgehead atoms. The molecule has 0 radical (unpaired) electrons. The minimum atomic E-state index is -1.61. The van der Waals surface area contributed by atoms with Crippen molar-refractivity contribution >= 4 is 17.5 Å². The van der Waals surface area contributed by atoms with Gasteiger partial charge in [-0.3, -0.25) is 9.59 Å². The van der Waals surface area contributed by atoms with E-state index in [1.807, 2.05) is 26.0 Å². The van der Waals surface area contributed by atoms with Crippen molar-refractivity contribution in [2.45, 2.75) is 73.0 Å². The fourth-order valence-corrected chi connectivity index (χ4v) is 6.84. The van der Waals surface area contributed by atoms with Crippen LogP contribution in [0.3, 0.4) is 0 Å². The summed E-state index contributed by atoms with van der Waals surface area (Å²) < 4.78 is 5.89. The molecule has 172 valence electrons. The Labute approximate surface area is 184 Å². The van der Waals surface area contributed by atoms with E-state index in [-0.39, 0.29) is 48.8 Å². The number of esters is 1. The van der Waals surface area contributed by atoms with Crippen LogP contribution >= 0.6 is 0 Å². The molecule has 2 N–H and O–H groups in total. The first-order chi connectivity index (χ1) is 14.2. The predicted octanol–water partition coefficient (Wildman–Crippen LogP) is 3.01. The number of ketones is 2. The molecule has 3 rings (SSSR count). The second-order valence-corrected chi connectivity index (χ2v) is 10.8. The lowest BCUT2D eigenvalue weighted by Crippen LogP contribution is -2.63. The summed E-state index contributed by atoms with van der Waals surface area (Å²) in [6.45, 7) is 12.5. The summed E-state index contributed by atoms with van der Waals surface area (Å²) in [4.78, 5) is 37.4. The number of ether oxygens (including phenoxy) is 1. The maximum atomic E-state index is 13.0.